The predicted molar refractivity (Wildman–Crippen MR) is 89.9 cm³/mol. The number of rotatable bonds is 6. The Morgan fingerprint density at radius 3 is 2.67 bits per heavy atom. The van der Waals surface area contributed by atoms with Gasteiger partial charge in [0.1, 0.15) is 5.82 Å². The molecule has 0 aliphatic heterocycles. The molecule has 1 unspecified atom stereocenters. The molecule has 0 spiro atoms. The fourth-order valence-corrected chi connectivity index (χ4v) is 2.53. The molecule has 21 heavy (non-hydrogen) atoms. The van der Waals surface area contributed by atoms with Gasteiger partial charge in [-0.2, -0.15) is 0 Å². The number of pyridine rings is 1. The molecule has 0 aliphatic carbocycles. The fourth-order valence-electron chi connectivity index (χ4n) is 2.24. The Kier molecular flexibility index (Phi) is 5.59. The van der Waals surface area contributed by atoms with Crippen molar-refractivity contribution >= 4 is 17.4 Å². The summed E-state index contributed by atoms with van der Waals surface area (Å²) < 4.78 is 0. The smallest absolute Gasteiger partial charge is 0.129 e. The minimum Gasteiger partial charge on any atom is -0.353 e. The second-order valence-electron chi connectivity index (χ2n) is 5.08. The maximum atomic E-state index is 6.29. The summed E-state index contributed by atoms with van der Waals surface area (Å²) in [7, 11) is 2.05. The maximum absolute atomic E-state index is 6.29. The highest BCUT2D eigenvalue weighted by Crippen LogP contribution is 2.28. The van der Waals surface area contributed by atoms with Crippen LogP contribution in [0.15, 0.2) is 42.5 Å². The molecule has 0 aliphatic rings. The van der Waals surface area contributed by atoms with Gasteiger partial charge in [-0.05, 0) is 37.2 Å². The topological polar surface area (TPSA) is 28.2 Å². The highest BCUT2D eigenvalue weighted by Gasteiger charge is 2.16. The first-order chi connectivity index (χ1) is 10.1. The first-order valence-corrected chi connectivity index (χ1v) is 7.65. The summed E-state index contributed by atoms with van der Waals surface area (Å²) in [6.07, 6.45) is 0. The van der Waals surface area contributed by atoms with Crippen molar-refractivity contribution in [2.45, 2.75) is 26.4 Å². The molecule has 1 N–H and O–H groups in total. The number of hydrogen-bond donors (Lipinski definition) is 1. The SMILES string of the molecule is CCNCc1cccc(N(C)C(C)c2ccccc2Cl)n1. The molecular weight excluding hydrogens is 282 g/mol. The number of hydrogen-bond acceptors (Lipinski definition) is 3. The molecule has 0 fully saturated rings. The summed E-state index contributed by atoms with van der Waals surface area (Å²) in [4.78, 5) is 6.86. The summed E-state index contributed by atoms with van der Waals surface area (Å²) in [6, 6.07) is 14.2. The number of nitrogens with one attached hydrogen (secondary N) is 1. The van der Waals surface area contributed by atoms with Crippen molar-refractivity contribution in [3.05, 3.63) is 58.7 Å². The van der Waals surface area contributed by atoms with Crippen LogP contribution in [0.25, 0.3) is 0 Å². The van der Waals surface area contributed by atoms with Crippen LogP contribution in [0.2, 0.25) is 5.02 Å². The molecule has 3 nitrogen and oxygen atoms in total. The molecule has 112 valence electrons. The zero-order valence-corrected chi connectivity index (χ0v) is 13.6. The number of anilines is 1. The molecular formula is C17H22ClN3. The van der Waals surface area contributed by atoms with Crippen molar-refractivity contribution in [1.82, 2.24) is 10.3 Å². The molecule has 1 heterocycles. The van der Waals surface area contributed by atoms with Crippen LogP contribution in [-0.2, 0) is 6.54 Å². The highest BCUT2D eigenvalue weighted by atomic mass is 35.5. The number of halogens is 1. The summed E-state index contributed by atoms with van der Waals surface area (Å²) >= 11 is 6.29. The Hall–Kier alpha value is -1.58. The first-order valence-electron chi connectivity index (χ1n) is 7.27. The third-order valence-electron chi connectivity index (χ3n) is 3.65. The van der Waals surface area contributed by atoms with Crippen LogP contribution in [0, 0.1) is 0 Å². The van der Waals surface area contributed by atoms with Gasteiger partial charge in [0.05, 0.1) is 11.7 Å². The largest absolute Gasteiger partial charge is 0.353 e. The van der Waals surface area contributed by atoms with E-state index in [1.54, 1.807) is 0 Å². The Labute approximate surface area is 132 Å². The van der Waals surface area contributed by atoms with Crippen molar-refractivity contribution in [3.8, 4) is 0 Å². The zero-order valence-electron chi connectivity index (χ0n) is 12.8. The zero-order chi connectivity index (χ0) is 15.2. The molecule has 1 aromatic heterocycles. The standard InChI is InChI=1S/C17H22ClN3/c1-4-19-12-14-8-7-11-17(20-14)21(3)13(2)15-9-5-6-10-16(15)18/h5-11,13,19H,4,12H2,1-3H3. The lowest BCUT2D eigenvalue weighted by atomic mass is 10.1. The summed E-state index contributed by atoms with van der Waals surface area (Å²) in [5, 5.41) is 4.09. The lowest BCUT2D eigenvalue weighted by Crippen LogP contribution is -2.23. The average molecular weight is 304 g/mol. The van der Waals surface area contributed by atoms with E-state index in [1.165, 1.54) is 0 Å². The molecule has 0 saturated heterocycles. The van der Waals surface area contributed by atoms with Crippen molar-refractivity contribution < 1.29 is 0 Å². The second-order valence-corrected chi connectivity index (χ2v) is 5.48. The van der Waals surface area contributed by atoms with E-state index >= 15 is 0 Å². The van der Waals surface area contributed by atoms with Crippen LogP contribution in [-0.4, -0.2) is 18.6 Å². The van der Waals surface area contributed by atoms with Crippen LogP contribution in [0.3, 0.4) is 0 Å². The Morgan fingerprint density at radius 1 is 1.19 bits per heavy atom. The first kappa shape index (κ1) is 15.8. The molecule has 1 aromatic carbocycles. The molecule has 2 rings (SSSR count). The minimum atomic E-state index is 0.167. The molecule has 4 heteroatoms. The van der Waals surface area contributed by atoms with Crippen LogP contribution < -0.4 is 10.2 Å². The van der Waals surface area contributed by atoms with Gasteiger partial charge < -0.3 is 10.2 Å². The van der Waals surface area contributed by atoms with Crippen molar-refractivity contribution in [3.63, 3.8) is 0 Å². The third kappa shape index (κ3) is 3.96. The van der Waals surface area contributed by atoms with Crippen molar-refractivity contribution in [2.24, 2.45) is 0 Å². The monoisotopic (exact) mass is 303 g/mol. The van der Waals surface area contributed by atoms with Gasteiger partial charge >= 0.3 is 0 Å². The lowest BCUT2D eigenvalue weighted by molar-refractivity contribution is 0.696. The molecule has 1 atom stereocenters. The highest BCUT2D eigenvalue weighted by molar-refractivity contribution is 6.31. The fraction of sp³-hybridized carbons (Fsp3) is 0.353. The molecule has 0 amide bonds. The summed E-state index contributed by atoms with van der Waals surface area (Å²) in [6.45, 7) is 5.96. The minimum absolute atomic E-state index is 0.167. The lowest BCUT2D eigenvalue weighted by Gasteiger charge is -2.27. The van der Waals surface area contributed by atoms with E-state index in [0.717, 1.165) is 35.2 Å². The van der Waals surface area contributed by atoms with Gasteiger partial charge in [0, 0.05) is 18.6 Å². The molecule has 0 saturated carbocycles. The number of aromatic nitrogens is 1. The Bertz CT molecular complexity index is 586. The van der Waals surface area contributed by atoms with Crippen molar-refractivity contribution in [2.75, 3.05) is 18.5 Å². The predicted octanol–water partition coefficient (Wildman–Crippen LogP) is 4.04. The van der Waals surface area contributed by atoms with E-state index in [0.29, 0.717) is 0 Å². The summed E-state index contributed by atoms with van der Waals surface area (Å²) in [5.41, 5.74) is 2.16. The molecule has 0 radical (unpaired) electrons. The van der Waals surface area contributed by atoms with E-state index in [2.05, 4.69) is 30.1 Å². The average Bonchev–Trinajstić information content (AvgIpc) is 2.52. The van der Waals surface area contributed by atoms with E-state index < -0.39 is 0 Å². The Morgan fingerprint density at radius 2 is 1.95 bits per heavy atom. The second kappa shape index (κ2) is 7.43. The normalized spacial score (nSPS) is 12.2. The quantitative estimate of drug-likeness (QED) is 0.873. The van der Waals surface area contributed by atoms with Crippen LogP contribution in [0.4, 0.5) is 5.82 Å². The van der Waals surface area contributed by atoms with Crippen molar-refractivity contribution in [1.29, 1.82) is 0 Å². The van der Waals surface area contributed by atoms with Gasteiger partial charge in [-0.25, -0.2) is 4.98 Å². The van der Waals surface area contributed by atoms with Gasteiger partial charge in [0.25, 0.3) is 0 Å². The van der Waals surface area contributed by atoms with Crippen LogP contribution in [0.5, 0.6) is 0 Å². The molecule has 0 bridgehead atoms. The number of nitrogens with zero attached hydrogens (tertiary/aromatic N) is 2. The van der Waals surface area contributed by atoms with E-state index in [-0.39, 0.29) is 6.04 Å². The Balaban J connectivity index is 2.19. The maximum Gasteiger partial charge on any atom is 0.129 e. The van der Waals surface area contributed by atoms with Gasteiger partial charge in [-0.3, -0.25) is 0 Å². The van der Waals surface area contributed by atoms with E-state index in [1.807, 2.05) is 43.4 Å². The third-order valence-corrected chi connectivity index (χ3v) is 3.99. The molecule has 2 aromatic rings. The van der Waals surface area contributed by atoms with Crippen LogP contribution in [0.1, 0.15) is 31.1 Å². The van der Waals surface area contributed by atoms with E-state index in [9.17, 15) is 0 Å². The van der Waals surface area contributed by atoms with Gasteiger partial charge in [-0.15, -0.1) is 0 Å². The van der Waals surface area contributed by atoms with Gasteiger partial charge in [0.15, 0.2) is 0 Å². The van der Waals surface area contributed by atoms with Crippen LogP contribution >= 0.6 is 11.6 Å². The van der Waals surface area contributed by atoms with Gasteiger partial charge in [-0.1, -0.05) is 42.8 Å². The number of benzene rings is 1. The summed E-state index contributed by atoms with van der Waals surface area (Å²) in [5.74, 6) is 0.956. The van der Waals surface area contributed by atoms with E-state index in [4.69, 9.17) is 16.6 Å². The van der Waals surface area contributed by atoms with Gasteiger partial charge in [0.2, 0.25) is 0 Å².